The van der Waals surface area contributed by atoms with Gasteiger partial charge in [0.15, 0.2) is 0 Å². The molecule has 12 heterocycles. The summed E-state index contributed by atoms with van der Waals surface area (Å²) in [5, 5.41) is 97.9. The zero-order chi connectivity index (χ0) is 91.6. The van der Waals surface area contributed by atoms with E-state index in [0.717, 1.165) is 190 Å². The van der Waals surface area contributed by atoms with Crippen molar-refractivity contribution in [3.05, 3.63) is 281 Å². The van der Waals surface area contributed by atoms with Crippen molar-refractivity contribution < 1.29 is 40.9 Å². The zero-order valence-electron chi connectivity index (χ0n) is 72.1. The maximum Gasteiger partial charge on any atom is 0.143 e. The number of aromatic nitrogens is 16. The second-order valence-corrected chi connectivity index (χ2v) is 41.7. The number of pyridine rings is 4. The number of nitrogens with zero attached hydrogens (tertiary/aromatic N) is 16. The predicted octanol–water partition coefficient (Wildman–Crippen LogP) is 18.5. The van der Waals surface area contributed by atoms with Gasteiger partial charge in [-0.05, 0) is 257 Å². The lowest BCUT2D eigenvalue weighted by molar-refractivity contribution is -0.0260. The van der Waals surface area contributed by atoms with Gasteiger partial charge in [-0.3, -0.25) is 0 Å². The highest BCUT2D eigenvalue weighted by molar-refractivity contribution is 9.11. The van der Waals surface area contributed by atoms with Crippen LogP contribution < -0.4 is 11.5 Å². The summed E-state index contributed by atoms with van der Waals surface area (Å²) in [7, 11) is 0. The third-order valence-electron chi connectivity index (χ3n) is 30.2. The molecule has 0 bridgehead atoms. The Kier molecular flexibility index (Phi) is 22.9. The van der Waals surface area contributed by atoms with E-state index in [1.54, 1.807) is 25.3 Å². The highest BCUT2D eigenvalue weighted by atomic mass is 79.9. The first-order valence-electron chi connectivity index (χ1n) is 44.3. The van der Waals surface area contributed by atoms with Gasteiger partial charge in [0.25, 0.3) is 0 Å². The van der Waals surface area contributed by atoms with Crippen molar-refractivity contribution in [3.63, 3.8) is 0 Å². The SMILES string of the molecule is Cc1ncnc2c1ccn2[C@@H]1C[C@@]2(C=C[C@@H](c3ccc4cc(Br)c(N)nc4c3)C2)[C@@H](O)[C@H]1O.Cc1ncnc2c1ccn2[C@@H]1C[C@@]2(C=C[C@H](c3ccc4cc(Br)c(Cl)nc4c3)C2)[C@@H](O)[C@H]1O.Cc1ncnc2c1ccn2[C@@H]1C[C@@]2(C=C[C@H](c3ccc4cc(Br)c(N)nc4c3)C2)[C@@H](O)[C@H]1O.Cc1ncnc2c1ccn2[C@@H]1C[C@@]2(CC[C@@H](c3ccc4cc(Br)c(Cl)nc4c3)C2)[C@@H](O)[C@H]1O. The van der Waals surface area contributed by atoms with Crippen LogP contribution in [0.4, 0.5) is 11.6 Å². The lowest BCUT2D eigenvalue weighted by atomic mass is 9.80. The minimum absolute atomic E-state index is 0.130. The Labute approximate surface area is 801 Å². The molecule has 8 aliphatic rings. The van der Waals surface area contributed by atoms with Gasteiger partial charge in [0.05, 0.1) is 111 Å². The molecule has 8 aliphatic carbocycles. The van der Waals surface area contributed by atoms with Crippen LogP contribution >= 0.6 is 86.9 Å². The third-order valence-corrected chi connectivity index (χ3v) is 33.8. The monoisotopic (exact) mass is 2060 g/mol. The molecular weight excluding hydrogens is 1970 g/mol. The molecule has 0 saturated heterocycles. The first-order valence-corrected chi connectivity index (χ1v) is 48.3. The minimum Gasteiger partial charge on any atom is -0.390 e. The molecule has 20 atom stereocenters. The van der Waals surface area contributed by atoms with Crippen LogP contribution in [-0.2, 0) is 0 Å². The smallest absolute Gasteiger partial charge is 0.143 e. The van der Waals surface area contributed by atoms with Gasteiger partial charge < -0.3 is 70.6 Å². The van der Waals surface area contributed by atoms with E-state index in [1.165, 1.54) is 5.56 Å². The highest BCUT2D eigenvalue weighted by Gasteiger charge is 2.59. The van der Waals surface area contributed by atoms with Crippen LogP contribution in [0.5, 0.6) is 0 Å². The number of nitrogens with two attached hydrogens (primary N) is 2. The largest absolute Gasteiger partial charge is 0.390 e. The fourth-order valence-corrected chi connectivity index (χ4v) is 24.7. The number of hydrogen-bond donors (Lipinski definition) is 10. The fourth-order valence-electron chi connectivity index (χ4n) is 23.1. The maximum absolute atomic E-state index is 11.2. The van der Waals surface area contributed by atoms with Crippen LogP contribution in [0, 0.1) is 49.4 Å². The Balaban J connectivity index is 0.000000106. The molecule has 12 N–H and O–H groups in total. The molecule has 0 amide bonds. The molecule has 0 radical (unpaired) electrons. The van der Waals surface area contributed by atoms with Crippen LogP contribution in [0.3, 0.4) is 0 Å². The lowest BCUT2D eigenvalue weighted by Crippen LogP contribution is -2.35. The second-order valence-electron chi connectivity index (χ2n) is 37.6. The number of aryl methyl sites for hydroxylation is 4. The Morgan fingerprint density at radius 1 is 0.341 bits per heavy atom. The first-order chi connectivity index (χ1) is 63.4. The van der Waals surface area contributed by atoms with Crippen molar-refractivity contribution >= 4 is 186 Å². The normalized spacial score (nSPS) is 29.2. The average Bonchev–Trinajstić information content (AvgIpc) is 1.59. The number of allylic oxidation sites excluding steroid dienone is 3. The van der Waals surface area contributed by atoms with Gasteiger partial charge in [0.2, 0.25) is 0 Å². The molecule has 5 fully saturated rings. The summed E-state index contributed by atoms with van der Waals surface area (Å²) in [4.78, 5) is 52.9. The minimum atomic E-state index is -0.881. The van der Waals surface area contributed by atoms with Gasteiger partial charge in [0, 0.05) is 107 Å². The summed E-state index contributed by atoms with van der Waals surface area (Å²) in [6.45, 7) is 7.81. The number of rotatable bonds is 8. The van der Waals surface area contributed by atoms with Crippen molar-refractivity contribution in [3.8, 4) is 0 Å². The quantitative estimate of drug-likeness (QED) is 0.0499. The Morgan fingerprint density at radius 2 is 0.636 bits per heavy atom. The van der Waals surface area contributed by atoms with Crippen LogP contribution in [-0.4, -0.2) is 168 Å². The third kappa shape index (κ3) is 15.2. The first kappa shape index (κ1) is 88.6. The lowest BCUT2D eigenvalue weighted by Gasteiger charge is -2.28. The van der Waals surface area contributed by atoms with E-state index >= 15 is 0 Å². The van der Waals surface area contributed by atoms with Crippen LogP contribution in [0.1, 0.15) is 157 Å². The number of nitrogen functional groups attached to an aromatic ring is 2. The van der Waals surface area contributed by atoms with Crippen molar-refractivity contribution in [2.75, 3.05) is 11.5 Å². The van der Waals surface area contributed by atoms with Crippen molar-refractivity contribution in [2.24, 2.45) is 21.7 Å². The number of aliphatic hydroxyl groups is 8. The molecule has 16 aromatic rings. The highest BCUT2D eigenvalue weighted by Crippen LogP contribution is 2.62. The predicted molar refractivity (Wildman–Crippen MR) is 524 cm³/mol. The van der Waals surface area contributed by atoms with E-state index in [1.807, 2.05) is 125 Å². The van der Waals surface area contributed by atoms with E-state index in [9.17, 15) is 40.9 Å². The summed E-state index contributed by atoms with van der Waals surface area (Å²) in [6, 6.07) is 39.9. The standard InChI is InChI=1S/C25H24BrClN4O2.C25H22BrClN4O2.2C25H24BrN5O2/c4*1-13-17-5-7-31(24(17)29-12-28-13)20-11-25(22(33)21(20)32)6-4-16(10-25)14-2-3-15-8-18(26)23(27)30-19(15)9-14/h2-3,5,7-9,12,16,20-22,32-33H,4,6,10-11H2,1H3;2-9,12,16,20-22,32-33H,10-11H2,1H3;2*2-9,12,16,20-22,32-33H,10-11H2,1H3,(H2,27,30)/t16-,20-,21+,22+,25+;2*16-,20+,21-,22-,25-;16-,20-,21+,22+,25+/m1001/s1. The number of halogens is 6. The van der Waals surface area contributed by atoms with Crippen LogP contribution in [0.25, 0.3) is 87.7 Å². The summed E-state index contributed by atoms with van der Waals surface area (Å²) < 4.78 is 11.1. The number of hydrogen-bond acceptors (Lipinski definition) is 22. The molecule has 5 saturated carbocycles. The van der Waals surface area contributed by atoms with Gasteiger partial charge in [0.1, 0.15) is 94.3 Å². The van der Waals surface area contributed by atoms with Gasteiger partial charge in [-0.1, -0.05) is 108 Å². The summed E-state index contributed by atoms with van der Waals surface area (Å²) in [5.41, 5.74) is 25.0. The molecule has 674 valence electrons. The van der Waals surface area contributed by atoms with Crippen molar-refractivity contribution in [2.45, 2.75) is 189 Å². The van der Waals surface area contributed by atoms with Crippen molar-refractivity contribution in [1.82, 2.24) is 78.1 Å². The summed E-state index contributed by atoms with van der Waals surface area (Å²) >= 11 is 26.2. The zero-order valence-corrected chi connectivity index (χ0v) is 80.0. The summed E-state index contributed by atoms with van der Waals surface area (Å²) in [6.07, 6.45) is 27.5. The fraction of sp³-hybridized carbons (Fsp3) is 0.340. The Morgan fingerprint density at radius 3 is 0.977 bits per heavy atom. The molecule has 0 aliphatic heterocycles. The number of aliphatic hydroxyl groups excluding tert-OH is 8. The summed E-state index contributed by atoms with van der Waals surface area (Å²) in [5.74, 6) is 1.64. The van der Waals surface area contributed by atoms with Crippen LogP contribution in [0.2, 0.25) is 10.3 Å². The van der Waals surface area contributed by atoms with E-state index in [4.69, 9.17) is 34.7 Å². The van der Waals surface area contributed by atoms with E-state index in [0.29, 0.717) is 47.1 Å². The molecule has 12 aromatic heterocycles. The van der Waals surface area contributed by atoms with E-state index in [-0.39, 0.29) is 47.3 Å². The molecule has 26 nitrogen and oxygen atoms in total. The van der Waals surface area contributed by atoms with E-state index < -0.39 is 65.1 Å². The molecule has 0 unspecified atom stereocenters. The Bertz CT molecular complexity index is 6910. The van der Waals surface area contributed by atoms with Gasteiger partial charge >= 0.3 is 0 Å². The molecule has 24 rings (SSSR count). The number of anilines is 2. The van der Waals surface area contributed by atoms with Gasteiger partial charge in [-0.15, -0.1) is 0 Å². The van der Waals surface area contributed by atoms with Crippen LogP contribution in [0.15, 0.2) is 226 Å². The Hall–Kier alpha value is -10.0. The van der Waals surface area contributed by atoms with Gasteiger partial charge in [-0.2, -0.15) is 0 Å². The molecular formula is C100H94Br4Cl2N18O8. The molecule has 132 heavy (non-hydrogen) atoms. The number of fused-ring (bicyclic) bond motifs is 8. The maximum atomic E-state index is 11.2. The second kappa shape index (κ2) is 34.1. The van der Waals surface area contributed by atoms with Crippen molar-refractivity contribution in [1.29, 1.82) is 0 Å². The molecule has 4 aromatic carbocycles. The number of benzene rings is 4. The van der Waals surface area contributed by atoms with E-state index in [2.05, 4.69) is 227 Å². The topological polar surface area (TPSA) is 388 Å². The molecule has 4 spiro atoms. The average molecular weight is 2070 g/mol. The molecule has 32 heteroatoms. The van der Waals surface area contributed by atoms with Gasteiger partial charge in [-0.25, -0.2) is 59.8 Å².